The molecule has 0 aliphatic rings. The topological polar surface area (TPSA) is 34.0 Å². The van der Waals surface area contributed by atoms with Crippen LogP contribution in [0.2, 0.25) is 0 Å². The van der Waals surface area contributed by atoms with E-state index in [9.17, 15) is 0 Å². The van der Waals surface area contributed by atoms with E-state index in [4.69, 9.17) is 9.97 Å². The Morgan fingerprint density at radius 2 is 0.923 bits per heavy atom. The second-order valence-corrected chi connectivity index (χ2v) is 18.8. The molecule has 0 N–H and O–H groups in total. The summed E-state index contributed by atoms with van der Waals surface area (Å²) in [5.41, 5.74) is 22.4. The number of hydrogen-bond acceptors (Lipinski definition) is 3. The van der Waals surface area contributed by atoms with E-state index >= 15 is 0 Å². The molecule has 390 valence electrons. The van der Waals surface area contributed by atoms with E-state index in [0.717, 1.165) is 69.1 Å². The van der Waals surface area contributed by atoms with Gasteiger partial charge in [0.15, 0.2) is 0 Å². The van der Waals surface area contributed by atoms with Gasteiger partial charge < -0.3 is 9.47 Å². The van der Waals surface area contributed by atoms with Gasteiger partial charge >= 0.3 is 0 Å². The molecule has 0 spiro atoms. The van der Waals surface area contributed by atoms with Crippen molar-refractivity contribution in [2.24, 2.45) is 0 Å². The van der Waals surface area contributed by atoms with Gasteiger partial charge in [-0.25, -0.2) is 9.97 Å². The Labute approximate surface area is 465 Å². The Balaban J connectivity index is 0.000000918. The highest BCUT2D eigenvalue weighted by Gasteiger charge is 2.19. The van der Waals surface area contributed by atoms with Gasteiger partial charge in [0.25, 0.3) is 0 Å². The van der Waals surface area contributed by atoms with Crippen molar-refractivity contribution in [2.75, 3.05) is 4.90 Å². The van der Waals surface area contributed by atoms with E-state index in [2.05, 4.69) is 258 Å². The van der Waals surface area contributed by atoms with Crippen molar-refractivity contribution in [3.63, 3.8) is 0 Å². The van der Waals surface area contributed by atoms with Crippen molar-refractivity contribution in [3.8, 4) is 50.5 Å². The molecule has 0 aliphatic heterocycles. The van der Waals surface area contributed by atoms with Crippen LogP contribution in [0.1, 0.15) is 66.1 Å². The van der Waals surface area contributed by atoms with Gasteiger partial charge in [0, 0.05) is 45.0 Å². The predicted octanol–water partition coefficient (Wildman–Crippen LogP) is 21.4. The maximum atomic E-state index is 5.17. The normalized spacial score (nSPS) is 11.3. The molecule has 2 heterocycles. The van der Waals surface area contributed by atoms with Gasteiger partial charge in [-0.1, -0.05) is 215 Å². The number of hydrogen-bond donors (Lipinski definition) is 0. The van der Waals surface area contributed by atoms with Gasteiger partial charge in [0.1, 0.15) is 0 Å². The molecule has 0 unspecified atom stereocenters. The first-order valence-electron chi connectivity index (χ1n) is 27.2. The summed E-state index contributed by atoms with van der Waals surface area (Å²) in [7, 11) is 0. The van der Waals surface area contributed by atoms with Crippen LogP contribution in [0.4, 0.5) is 17.1 Å². The van der Waals surface area contributed by atoms with Crippen LogP contribution in [0.15, 0.2) is 279 Å². The van der Waals surface area contributed by atoms with E-state index in [1.54, 1.807) is 18.2 Å². The quantitative estimate of drug-likeness (QED) is 0.0804. The third kappa shape index (κ3) is 13.6. The van der Waals surface area contributed by atoms with Crippen molar-refractivity contribution < 1.29 is 0 Å². The highest BCUT2D eigenvalue weighted by atomic mass is 15.1. The van der Waals surface area contributed by atoms with Crippen molar-refractivity contribution in [3.05, 3.63) is 290 Å². The summed E-state index contributed by atoms with van der Waals surface area (Å²) in [4.78, 5) is 12.6. The molecule has 78 heavy (non-hydrogen) atoms. The van der Waals surface area contributed by atoms with Crippen molar-refractivity contribution in [1.82, 2.24) is 14.5 Å². The van der Waals surface area contributed by atoms with Crippen LogP contribution in [-0.2, 0) is 6.42 Å². The zero-order valence-electron chi connectivity index (χ0n) is 46.9. The van der Waals surface area contributed by atoms with Crippen LogP contribution in [0.25, 0.3) is 72.4 Å². The molecule has 4 nitrogen and oxygen atoms in total. The van der Waals surface area contributed by atoms with E-state index < -0.39 is 0 Å². The molecule has 0 bridgehead atoms. The lowest BCUT2D eigenvalue weighted by Crippen LogP contribution is -2.10. The van der Waals surface area contributed by atoms with Crippen LogP contribution < -0.4 is 4.90 Å². The monoisotopic (exact) mass is 1020 g/mol. The maximum Gasteiger partial charge on any atom is 0.0973 e. The van der Waals surface area contributed by atoms with Gasteiger partial charge in [-0.2, -0.15) is 0 Å². The summed E-state index contributed by atoms with van der Waals surface area (Å²) in [5.74, 6) is 0. The first-order valence-corrected chi connectivity index (χ1v) is 27.2. The molecule has 0 fully saturated rings. The number of rotatable bonds is 14. The number of nitrogens with zero attached hydrogens (tertiary/aromatic N) is 4. The lowest BCUT2D eigenvalue weighted by atomic mass is 9.97. The van der Waals surface area contributed by atoms with Gasteiger partial charge in [-0.3, -0.25) is 0 Å². The number of aromatic nitrogens is 3. The molecular weight excluding hydrogens is 945 g/mol. The zero-order valence-corrected chi connectivity index (χ0v) is 46.9. The average Bonchev–Trinajstić information content (AvgIpc) is 3.91. The smallest absolute Gasteiger partial charge is 0.0973 e. The van der Waals surface area contributed by atoms with Crippen LogP contribution >= 0.6 is 0 Å². The Bertz CT molecular complexity index is 3650. The molecule has 0 atom stereocenters. The Morgan fingerprint density at radius 1 is 0.500 bits per heavy atom. The number of allylic oxidation sites excluding steroid dienone is 9. The molecule has 10 rings (SSSR count). The summed E-state index contributed by atoms with van der Waals surface area (Å²) < 4.78 is 2.44. The fraction of sp³-hybridized carbons (Fsp3) is 0.135. The summed E-state index contributed by atoms with van der Waals surface area (Å²) in [6.45, 7) is 27.1. The van der Waals surface area contributed by atoms with Crippen LogP contribution in [0.3, 0.4) is 0 Å². The third-order valence-corrected chi connectivity index (χ3v) is 13.6. The lowest BCUT2D eigenvalue weighted by molar-refractivity contribution is 1.02. The van der Waals surface area contributed by atoms with E-state index in [1.165, 1.54) is 61.1 Å². The maximum absolute atomic E-state index is 5.17. The minimum absolute atomic E-state index is 0.826. The summed E-state index contributed by atoms with van der Waals surface area (Å²) in [6.07, 6.45) is 13.8. The first-order chi connectivity index (χ1) is 38.2. The van der Waals surface area contributed by atoms with Crippen LogP contribution in [0.5, 0.6) is 0 Å². The predicted molar refractivity (Wildman–Crippen MR) is 340 cm³/mol. The molecular formula is C74H74N4. The molecule has 0 aliphatic carbocycles. The molecule has 0 radical (unpaired) electrons. The Kier molecular flexibility index (Phi) is 20.4. The van der Waals surface area contributed by atoms with Crippen LogP contribution in [-0.4, -0.2) is 14.5 Å². The standard InChI is InChI=1S/C65H56N4.C4H6.C3H6.C2H6/c1-6-45(2)26-27-46(3)47(4)28-42-59-48(5)68(63-43-35-54(44-60(59)63)51-31-29-50(30-32-51)49-18-10-7-11-19-49)56-38-40-58(41-39-56)69(55-22-14-9-15-23-55)57-36-33-53(34-37-57)65-64(52-20-12-8-13-21-52)66-61-24-16-17-25-62(61)67-65;1-3-4-2;1-3-2;1-2/h7-41,43-44H,6,42H2,1-5H3;3-4H,1-2H2;3H,1H2,2H3;1-2H3/b45-26+,46-27+,47-28+;;;. The molecule has 2 aromatic heterocycles. The highest BCUT2D eigenvalue weighted by Crippen LogP contribution is 2.39. The zero-order chi connectivity index (χ0) is 55.4. The van der Waals surface area contributed by atoms with E-state index in [0.29, 0.717) is 0 Å². The molecule has 4 heteroatoms. The largest absolute Gasteiger partial charge is 0.314 e. The van der Waals surface area contributed by atoms with Crippen LogP contribution in [0, 0.1) is 6.92 Å². The van der Waals surface area contributed by atoms with Gasteiger partial charge in [-0.15, -0.1) is 6.58 Å². The molecule has 0 saturated carbocycles. The minimum atomic E-state index is 0.826. The fourth-order valence-corrected chi connectivity index (χ4v) is 9.21. The van der Waals surface area contributed by atoms with Crippen molar-refractivity contribution in [2.45, 2.75) is 68.2 Å². The number of anilines is 3. The van der Waals surface area contributed by atoms with Crippen molar-refractivity contribution >= 4 is 39.0 Å². The Hall–Kier alpha value is -9.12. The van der Waals surface area contributed by atoms with Gasteiger partial charge in [0.05, 0.1) is 27.9 Å². The van der Waals surface area contributed by atoms with Gasteiger partial charge in [-0.05, 0) is 154 Å². The number of fused-ring (bicyclic) bond motifs is 2. The summed E-state index contributed by atoms with van der Waals surface area (Å²) >= 11 is 0. The van der Waals surface area contributed by atoms with E-state index in [1.807, 2.05) is 51.1 Å². The summed E-state index contributed by atoms with van der Waals surface area (Å²) in [6, 6.07) is 73.3. The van der Waals surface area contributed by atoms with Crippen molar-refractivity contribution in [1.29, 1.82) is 0 Å². The Morgan fingerprint density at radius 3 is 1.45 bits per heavy atom. The average molecular weight is 1020 g/mol. The van der Waals surface area contributed by atoms with E-state index in [-0.39, 0.29) is 0 Å². The fourth-order valence-electron chi connectivity index (χ4n) is 9.21. The molecule has 0 amide bonds. The highest BCUT2D eigenvalue weighted by molar-refractivity contribution is 5.92. The third-order valence-electron chi connectivity index (χ3n) is 13.6. The second-order valence-electron chi connectivity index (χ2n) is 18.8. The second kappa shape index (κ2) is 28.1. The number of benzene rings is 8. The summed E-state index contributed by atoms with van der Waals surface area (Å²) in [5, 5.41) is 1.27. The SMILES string of the molecule is C=CC.C=CC=C.CC.CC/C(C)=C/C=C(C)/C(C)=C/Cc1c(C)n(-c2ccc(N(c3ccccc3)c3ccc(-c4nc5ccccc5nc4-c4ccccc4)cc3)cc2)c2ccc(-c3ccc(-c4ccccc4)cc3)cc12. The number of para-hydroxylation sites is 3. The molecule has 0 saturated heterocycles. The molecule has 8 aromatic carbocycles. The molecule has 10 aromatic rings. The van der Waals surface area contributed by atoms with Gasteiger partial charge in [0.2, 0.25) is 0 Å². The first kappa shape index (κ1) is 56.6. The minimum Gasteiger partial charge on any atom is -0.314 e. The lowest BCUT2D eigenvalue weighted by Gasteiger charge is -2.26.